The number of halogens is 4. The molecule has 6 heteroatoms. The first-order valence-corrected chi connectivity index (χ1v) is 6.61. The highest BCUT2D eigenvalue weighted by Gasteiger charge is 2.08. The lowest BCUT2D eigenvalue weighted by Crippen LogP contribution is -2.14. The largest absolute Gasteiger partial charge is 0.434 e. The van der Waals surface area contributed by atoms with E-state index in [9.17, 15) is 13.2 Å². The number of para-hydroxylation sites is 1. The lowest BCUT2D eigenvalue weighted by Gasteiger charge is -2.11. The molecule has 2 aromatic rings. The third-order valence-electron chi connectivity index (χ3n) is 2.76. The van der Waals surface area contributed by atoms with Gasteiger partial charge >= 0.3 is 6.61 Å². The molecule has 0 heterocycles. The summed E-state index contributed by atoms with van der Waals surface area (Å²) in [5.41, 5.74) is 1.27. The summed E-state index contributed by atoms with van der Waals surface area (Å²) in [4.78, 5) is 0. The van der Waals surface area contributed by atoms with Crippen LogP contribution in [0.4, 0.5) is 13.2 Å². The maximum absolute atomic E-state index is 13.2. The number of hydrogen-bond donors (Lipinski definition) is 1. The SMILES string of the molecule is Fc1cc(Cl)cc(CNCc2ccccc2OC(F)F)c1. The van der Waals surface area contributed by atoms with Crippen LogP contribution in [0.2, 0.25) is 5.02 Å². The molecule has 0 fully saturated rings. The number of rotatable bonds is 6. The molecule has 0 amide bonds. The zero-order valence-corrected chi connectivity index (χ0v) is 11.7. The van der Waals surface area contributed by atoms with E-state index in [-0.39, 0.29) is 5.75 Å². The van der Waals surface area contributed by atoms with Crippen LogP contribution in [0.15, 0.2) is 42.5 Å². The smallest absolute Gasteiger partial charge is 0.387 e. The number of nitrogens with one attached hydrogen (secondary N) is 1. The first-order chi connectivity index (χ1) is 10.0. The maximum atomic E-state index is 13.2. The molecule has 2 nitrogen and oxygen atoms in total. The molecule has 1 N–H and O–H groups in total. The molecule has 0 spiro atoms. The Bertz CT molecular complexity index is 587. The Labute approximate surface area is 125 Å². The van der Waals surface area contributed by atoms with Gasteiger partial charge in [-0.3, -0.25) is 0 Å². The summed E-state index contributed by atoms with van der Waals surface area (Å²) < 4.78 is 42.2. The van der Waals surface area contributed by atoms with Gasteiger partial charge in [-0.25, -0.2) is 4.39 Å². The van der Waals surface area contributed by atoms with Crippen LogP contribution in [0.1, 0.15) is 11.1 Å². The molecule has 0 aliphatic heterocycles. The normalized spacial score (nSPS) is 10.9. The molecule has 0 unspecified atom stereocenters. The van der Waals surface area contributed by atoms with E-state index >= 15 is 0 Å². The Morgan fingerprint density at radius 3 is 2.57 bits per heavy atom. The Hall–Kier alpha value is -1.72. The number of alkyl halides is 2. The number of ether oxygens (including phenoxy) is 1. The molecule has 0 atom stereocenters. The van der Waals surface area contributed by atoms with E-state index in [1.54, 1.807) is 24.3 Å². The molecular formula is C15H13ClF3NO. The lowest BCUT2D eigenvalue weighted by molar-refractivity contribution is -0.0505. The summed E-state index contributed by atoms with van der Waals surface area (Å²) in [6.07, 6.45) is 0. The second-order valence-electron chi connectivity index (χ2n) is 4.37. The average Bonchev–Trinajstić information content (AvgIpc) is 2.39. The van der Waals surface area contributed by atoms with Crippen LogP contribution in [0.5, 0.6) is 5.75 Å². The highest BCUT2D eigenvalue weighted by Crippen LogP contribution is 2.20. The Morgan fingerprint density at radius 1 is 1.10 bits per heavy atom. The zero-order chi connectivity index (χ0) is 15.2. The van der Waals surface area contributed by atoms with Crippen molar-refractivity contribution >= 4 is 11.6 Å². The summed E-state index contributed by atoms with van der Waals surface area (Å²) in [5, 5.41) is 3.35. The van der Waals surface area contributed by atoms with E-state index in [1.165, 1.54) is 18.2 Å². The van der Waals surface area contributed by atoms with Crippen molar-refractivity contribution in [1.82, 2.24) is 5.32 Å². The molecule has 0 bridgehead atoms. The highest BCUT2D eigenvalue weighted by molar-refractivity contribution is 6.30. The van der Waals surface area contributed by atoms with Crippen LogP contribution in [0, 0.1) is 5.82 Å². The fourth-order valence-electron chi connectivity index (χ4n) is 1.92. The summed E-state index contributed by atoms with van der Waals surface area (Å²) in [6.45, 7) is -2.19. The van der Waals surface area contributed by atoms with Crippen molar-refractivity contribution in [3.05, 3.63) is 64.4 Å². The molecule has 2 aromatic carbocycles. The second-order valence-corrected chi connectivity index (χ2v) is 4.80. The highest BCUT2D eigenvalue weighted by atomic mass is 35.5. The molecule has 0 aliphatic carbocycles. The van der Waals surface area contributed by atoms with Crippen molar-refractivity contribution < 1.29 is 17.9 Å². The molecule has 0 aromatic heterocycles. The molecule has 0 aliphatic rings. The van der Waals surface area contributed by atoms with Crippen LogP contribution < -0.4 is 10.1 Å². The van der Waals surface area contributed by atoms with Gasteiger partial charge in [-0.1, -0.05) is 29.8 Å². The predicted molar refractivity (Wildman–Crippen MR) is 75.0 cm³/mol. The molecule has 0 radical (unpaired) electrons. The van der Waals surface area contributed by atoms with E-state index in [1.807, 2.05) is 0 Å². The van der Waals surface area contributed by atoms with Gasteiger partial charge in [-0.2, -0.15) is 8.78 Å². The molecule has 21 heavy (non-hydrogen) atoms. The van der Waals surface area contributed by atoms with Crippen molar-refractivity contribution in [1.29, 1.82) is 0 Å². The van der Waals surface area contributed by atoms with Gasteiger partial charge in [-0.15, -0.1) is 0 Å². The van der Waals surface area contributed by atoms with Gasteiger partial charge in [0.2, 0.25) is 0 Å². The quantitative estimate of drug-likeness (QED) is 0.854. The molecule has 0 saturated carbocycles. The third kappa shape index (κ3) is 4.95. The van der Waals surface area contributed by atoms with Gasteiger partial charge in [0.1, 0.15) is 11.6 Å². The van der Waals surface area contributed by atoms with Gasteiger partial charge in [0.25, 0.3) is 0 Å². The standard InChI is InChI=1S/C15H13ClF3NO/c16-12-5-10(6-13(17)7-12)8-20-9-11-3-1-2-4-14(11)21-15(18)19/h1-7,15,20H,8-9H2. The van der Waals surface area contributed by atoms with Crippen LogP contribution in [0.25, 0.3) is 0 Å². The zero-order valence-electron chi connectivity index (χ0n) is 11.0. The van der Waals surface area contributed by atoms with Crippen LogP contribution >= 0.6 is 11.6 Å². The van der Waals surface area contributed by atoms with E-state index < -0.39 is 12.4 Å². The van der Waals surface area contributed by atoms with Crippen molar-refractivity contribution in [2.45, 2.75) is 19.7 Å². The Morgan fingerprint density at radius 2 is 1.86 bits per heavy atom. The average molecular weight is 316 g/mol. The van der Waals surface area contributed by atoms with E-state index in [2.05, 4.69) is 10.1 Å². The summed E-state index contributed by atoms with van der Waals surface area (Å²) in [5.74, 6) is -0.294. The third-order valence-corrected chi connectivity index (χ3v) is 2.97. The fourth-order valence-corrected chi connectivity index (χ4v) is 2.16. The van der Waals surface area contributed by atoms with Gasteiger partial charge in [-0.05, 0) is 29.8 Å². The monoisotopic (exact) mass is 315 g/mol. The minimum absolute atomic E-state index is 0.122. The summed E-state index contributed by atoms with van der Waals surface area (Å²) >= 11 is 5.76. The summed E-state index contributed by atoms with van der Waals surface area (Å²) in [7, 11) is 0. The van der Waals surface area contributed by atoms with E-state index in [4.69, 9.17) is 11.6 Å². The lowest BCUT2D eigenvalue weighted by atomic mass is 10.2. The van der Waals surface area contributed by atoms with Crippen molar-refractivity contribution in [3.8, 4) is 5.75 Å². The van der Waals surface area contributed by atoms with E-state index in [0.29, 0.717) is 29.2 Å². The number of benzene rings is 2. The maximum Gasteiger partial charge on any atom is 0.387 e. The van der Waals surface area contributed by atoms with E-state index in [0.717, 1.165) is 0 Å². The predicted octanol–water partition coefficient (Wildman–Crippen LogP) is 4.37. The van der Waals surface area contributed by atoms with Gasteiger partial charge in [0, 0.05) is 23.7 Å². The minimum Gasteiger partial charge on any atom is -0.434 e. The van der Waals surface area contributed by atoms with Crippen LogP contribution in [0.3, 0.4) is 0 Å². The Balaban J connectivity index is 1.97. The molecular weight excluding hydrogens is 303 g/mol. The number of hydrogen-bond acceptors (Lipinski definition) is 2. The Kier molecular flexibility index (Phi) is 5.47. The van der Waals surface area contributed by atoms with Gasteiger partial charge in [0.05, 0.1) is 0 Å². The first kappa shape index (κ1) is 15.7. The first-order valence-electron chi connectivity index (χ1n) is 6.23. The van der Waals surface area contributed by atoms with Crippen LogP contribution in [-0.2, 0) is 13.1 Å². The molecule has 2 rings (SSSR count). The summed E-state index contributed by atoms with van der Waals surface area (Å²) in [6, 6.07) is 10.7. The van der Waals surface area contributed by atoms with Crippen molar-refractivity contribution in [2.75, 3.05) is 0 Å². The molecule has 112 valence electrons. The van der Waals surface area contributed by atoms with Crippen LogP contribution in [-0.4, -0.2) is 6.61 Å². The van der Waals surface area contributed by atoms with Crippen molar-refractivity contribution in [3.63, 3.8) is 0 Å². The van der Waals surface area contributed by atoms with Gasteiger partial charge in [0.15, 0.2) is 0 Å². The topological polar surface area (TPSA) is 21.3 Å². The van der Waals surface area contributed by atoms with Crippen molar-refractivity contribution in [2.24, 2.45) is 0 Å². The second kappa shape index (κ2) is 7.33. The molecule has 0 saturated heterocycles. The van der Waals surface area contributed by atoms with Gasteiger partial charge < -0.3 is 10.1 Å². The fraction of sp³-hybridized carbons (Fsp3) is 0.200. The minimum atomic E-state index is -2.87.